The number of hydrogen-bond donors (Lipinski definition) is 3. The summed E-state index contributed by atoms with van der Waals surface area (Å²) in [5.41, 5.74) is 13.7. The lowest BCUT2D eigenvalue weighted by Crippen LogP contribution is -2.50. The molecule has 0 unspecified atom stereocenters. The number of anilines is 3. The van der Waals surface area contributed by atoms with Gasteiger partial charge in [-0.15, -0.1) is 10.2 Å². The van der Waals surface area contributed by atoms with Crippen LogP contribution in [-0.4, -0.2) is 111 Å². The number of para-hydroxylation sites is 1. The Hall–Kier alpha value is -6.06. The van der Waals surface area contributed by atoms with Gasteiger partial charge in [0.2, 0.25) is 5.91 Å². The molecular weight excluding hydrogens is 773 g/mol. The zero-order chi connectivity index (χ0) is 42.4. The van der Waals surface area contributed by atoms with Crippen LogP contribution in [0.3, 0.4) is 0 Å². The number of carbonyl (C=O) groups is 3. The summed E-state index contributed by atoms with van der Waals surface area (Å²) in [4.78, 5) is 51.0. The van der Waals surface area contributed by atoms with E-state index in [1.54, 1.807) is 29.3 Å². The smallest absolute Gasteiger partial charge is 0.328 e. The summed E-state index contributed by atoms with van der Waals surface area (Å²) in [5.74, 6) is 0.874. The molecule has 3 saturated heterocycles. The number of phenolic OH excluding ortho intramolecular Hbond substituents is 1. The van der Waals surface area contributed by atoms with Crippen LogP contribution in [0.2, 0.25) is 0 Å². The maximum absolute atomic E-state index is 13.8. The van der Waals surface area contributed by atoms with Crippen LogP contribution in [0.5, 0.6) is 5.75 Å². The minimum atomic E-state index is -0.398. The minimum absolute atomic E-state index is 0.0611. The first kappa shape index (κ1) is 40.4. The van der Waals surface area contributed by atoms with Crippen LogP contribution < -0.4 is 20.9 Å². The number of nitrogens with zero attached hydrogens (tertiary/aromatic N) is 8. The highest BCUT2D eigenvalue weighted by atomic mass is 16.5. The third-order valence-electron chi connectivity index (χ3n) is 13.1. The van der Waals surface area contributed by atoms with E-state index in [1.807, 2.05) is 55.1 Å². The number of aryl methyl sites for hydroxylation is 2. The first-order valence-corrected chi connectivity index (χ1v) is 21.5. The van der Waals surface area contributed by atoms with E-state index in [-0.39, 0.29) is 36.2 Å². The molecule has 4 N–H and O–H groups in total. The van der Waals surface area contributed by atoms with Crippen molar-refractivity contribution in [3.63, 3.8) is 0 Å². The van der Waals surface area contributed by atoms with Gasteiger partial charge in [-0.3, -0.25) is 24.7 Å². The van der Waals surface area contributed by atoms with E-state index < -0.39 is 6.03 Å². The van der Waals surface area contributed by atoms with E-state index in [1.165, 1.54) is 0 Å². The first-order valence-electron chi connectivity index (χ1n) is 21.5. The number of aromatic nitrogens is 4. The Kier molecular flexibility index (Phi) is 11.1. The summed E-state index contributed by atoms with van der Waals surface area (Å²) < 4.78 is 8.79. The van der Waals surface area contributed by atoms with Crippen molar-refractivity contribution in [2.24, 2.45) is 5.92 Å². The molecule has 4 amide bonds. The van der Waals surface area contributed by atoms with Crippen molar-refractivity contribution in [2.75, 3.05) is 67.9 Å². The quantitative estimate of drug-likeness (QED) is 0.167. The van der Waals surface area contributed by atoms with Crippen molar-refractivity contribution in [1.82, 2.24) is 34.9 Å². The lowest BCUT2D eigenvalue weighted by molar-refractivity contribution is -0.120. The molecule has 2 aromatic carbocycles. The van der Waals surface area contributed by atoms with E-state index in [0.29, 0.717) is 73.0 Å². The number of fused-ring (bicyclic) bond motifs is 1. The van der Waals surface area contributed by atoms with E-state index >= 15 is 0 Å². The molecule has 15 nitrogen and oxygen atoms in total. The molecule has 5 aromatic rings. The van der Waals surface area contributed by atoms with Gasteiger partial charge in [0.15, 0.2) is 5.82 Å². The lowest BCUT2D eigenvalue weighted by atomic mass is 9.85. The zero-order valence-corrected chi connectivity index (χ0v) is 35.1. The molecule has 61 heavy (non-hydrogen) atoms. The van der Waals surface area contributed by atoms with Crippen LogP contribution in [-0.2, 0) is 9.53 Å². The van der Waals surface area contributed by atoms with Gasteiger partial charge in [0.05, 0.1) is 29.4 Å². The molecule has 0 bridgehead atoms. The van der Waals surface area contributed by atoms with Gasteiger partial charge in [0, 0.05) is 87.5 Å². The zero-order valence-electron chi connectivity index (χ0n) is 35.1. The van der Waals surface area contributed by atoms with Gasteiger partial charge in [-0.2, -0.15) is 0 Å². The second-order valence-electron chi connectivity index (χ2n) is 17.2. The topological polar surface area (TPSA) is 175 Å². The number of ether oxygens (including phenoxy) is 1. The molecular formula is C46H54N10O5. The van der Waals surface area contributed by atoms with Crippen LogP contribution in [0.1, 0.15) is 78.2 Å². The molecule has 1 saturated carbocycles. The monoisotopic (exact) mass is 826 g/mol. The second kappa shape index (κ2) is 16.8. The number of imide groups is 1. The van der Waals surface area contributed by atoms with Crippen LogP contribution >= 0.6 is 0 Å². The maximum Gasteiger partial charge on any atom is 0.328 e. The Balaban J connectivity index is 0.775. The molecule has 3 aliphatic heterocycles. The van der Waals surface area contributed by atoms with Crippen LogP contribution in [0.15, 0.2) is 67.0 Å². The highest BCUT2D eigenvalue weighted by Gasteiger charge is 2.32. The fourth-order valence-electron chi connectivity index (χ4n) is 9.76. The van der Waals surface area contributed by atoms with Gasteiger partial charge in [0.25, 0.3) is 5.91 Å². The predicted octanol–water partition coefficient (Wildman–Crippen LogP) is 6.00. The van der Waals surface area contributed by atoms with Gasteiger partial charge in [0.1, 0.15) is 17.5 Å². The average Bonchev–Trinajstić information content (AvgIpc) is 3.59. The number of hydrogen-bond acceptors (Lipinski definition) is 11. The SMILES string of the molecule is Cc1cc(C(=O)N2CCN(CC3CCC(n4cc(C)c5cc(N6CCC(=O)NC6=O)cnc54)CC3)CC2)ccc1[C@@H]1CN(c2cc(-c3ccccc3O)nnc2N)C[C@H](C)O1. The number of phenols is 1. The van der Waals surface area contributed by atoms with E-state index in [9.17, 15) is 19.5 Å². The second-order valence-corrected chi connectivity index (χ2v) is 17.2. The van der Waals surface area contributed by atoms with Gasteiger partial charge in [-0.05, 0) is 105 Å². The Morgan fingerprint density at radius 3 is 2.48 bits per heavy atom. The van der Waals surface area contributed by atoms with E-state index in [4.69, 9.17) is 15.5 Å². The molecule has 3 aromatic heterocycles. The Morgan fingerprint density at radius 1 is 0.934 bits per heavy atom. The number of urea groups is 1. The van der Waals surface area contributed by atoms with Crippen LogP contribution in [0.4, 0.5) is 22.0 Å². The highest BCUT2D eigenvalue weighted by molar-refractivity contribution is 6.06. The Bertz CT molecular complexity index is 2470. The molecule has 4 aliphatic rings. The molecule has 1 aliphatic carbocycles. The molecule has 6 heterocycles. The normalized spacial score (nSPS) is 22.8. The standard InChI is InChI=1S/C46H54N10O5/c1-28-20-32(10-13-35(28)41-27-54(25-30(3)61-41)39-22-38(50-51-43(39)47)36-6-4-5-7-40(36)57)45(59)53-18-16-52(17-19-53)26-31-8-11-33(12-9-31)56-24-29(2)37-21-34(23-48-44(37)56)55-15-14-42(58)49-46(55)60/h4-7,10,13,20-24,30-31,33,41,57H,8-9,11-12,14-19,25-27H2,1-3H3,(H2,47,51)(H,49,58,60)/t30-,31?,33?,41-/m0/s1. The largest absolute Gasteiger partial charge is 0.507 e. The molecule has 0 radical (unpaired) electrons. The van der Waals surface area contributed by atoms with Gasteiger partial charge >= 0.3 is 6.03 Å². The number of rotatable bonds is 8. The average molecular weight is 827 g/mol. The molecule has 2 atom stereocenters. The molecule has 15 heteroatoms. The van der Waals surface area contributed by atoms with E-state index in [0.717, 1.165) is 78.7 Å². The predicted molar refractivity (Wildman–Crippen MR) is 234 cm³/mol. The fraction of sp³-hybridized carbons (Fsp3) is 0.435. The number of morpholine rings is 1. The molecule has 318 valence electrons. The van der Waals surface area contributed by atoms with Crippen molar-refractivity contribution in [2.45, 2.75) is 71.1 Å². The Morgan fingerprint density at radius 2 is 1.72 bits per heavy atom. The maximum atomic E-state index is 13.8. The third kappa shape index (κ3) is 8.23. The molecule has 0 spiro atoms. The first-order chi connectivity index (χ1) is 29.5. The highest BCUT2D eigenvalue weighted by Crippen LogP contribution is 2.38. The molecule has 9 rings (SSSR count). The van der Waals surface area contributed by atoms with Crippen molar-refractivity contribution in [1.29, 1.82) is 0 Å². The summed E-state index contributed by atoms with van der Waals surface area (Å²) in [5, 5.41) is 22.4. The van der Waals surface area contributed by atoms with Crippen molar-refractivity contribution >= 4 is 46.1 Å². The summed E-state index contributed by atoms with van der Waals surface area (Å²) in [6, 6.07) is 16.9. The van der Waals surface area contributed by atoms with Crippen LogP contribution in [0, 0.1) is 19.8 Å². The van der Waals surface area contributed by atoms with Gasteiger partial charge in [-0.1, -0.05) is 18.2 Å². The number of aromatic hydroxyl groups is 1. The number of nitrogens with two attached hydrogens (primary N) is 1. The Labute approximate surface area is 355 Å². The third-order valence-corrected chi connectivity index (χ3v) is 13.1. The number of piperazine rings is 1. The minimum Gasteiger partial charge on any atom is -0.507 e. The number of nitrogens with one attached hydrogen (secondary N) is 1. The number of amides is 4. The fourth-order valence-corrected chi connectivity index (χ4v) is 9.76. The molecule has 4 fully saturated rings. The van der Waals surface area contributed by atoms with Crippen molar-refractivity contribution in [3.8, 4) is 17.0 Å². The van der Waals surface area contributed by atoms with Gasteiger partial charge < -0.3 is 29.9 Å². The number of pyridine rings is 1. The van der Waals surface area contributed by atoms with Crippen molar-refractivity contribution < 1.29 is 24.2 Å². The van der Waals surface area contributed by atoms with Crippen LogP contribution in [0.25, 0.3) is 22.3 Å². The van der Waals surface area contributed by atoms with Crippen molar-refractivity contribution in [3.05, 3.63) is 89.2 Å². The summed E-state index contributed by atoms with van der Waals surface area (Å²) >= 11 is 0. The summed E-state index contributed by atoms with van der Waals surface area (Å²) in [6.07, 6.45) is 8.34. The lowest BCUT2D eigenvalue weighted by Gasteiger charge is -2.39. The van der Waals surface area contributed by atoms with Gasteiger partial charge in [-0.25, -0.2) is 9.78 Å². The number of carbonyl (C=O) groups excluding carboxylic acids is 3. The van der Waals surface area contributed by atoms with E-state index in [2.05, 4.69) is 43.0 Å². The summed E-state index contributed by atoms with van der Waals surface area (Å²) in [6.45, 7) is 11.9. The number of benzene rings is 2. The summed E-state index contributed by atoms with van der Waals surface area (Å²) in [7, 11) is 0. The number of nitrogen functional groups attached to an aromatic ring is 1.